The Bertz CT molecular complexity index is 926. The third-order valence-electron chi connectivity index (χ3n) is 4.08. The molecular formula is C20H21NO4. The van der Waals surface area contributed by atoms with Crippen LogP contribution in [0.2, 0.25) is 0 Å². The van der Waals surface area contributed by atoms with E-state index in [1.807, 2.05) is 31.2 Å². The number of ether oxygens (including phenoxy) is 2. The molecule has 3 aromatic rings. The van der Waals surface area contributed by atoms with E-state index in [1.54, 1.807) is 19.1 Å². The van der Waals surface area contributed by atoms with E-state index in [1.165, 1.54) is 0 Å². The number of unbranched alkanes of at least 4 members (excludes halogenated alkanes) is 1. The van der Waals surface area contributed by atoms with Gasteiger partial charge in [-0.2, -0.15) is 0 Å². The van der Waals surface area contributed by atoms with Crippen molar-refractivity contribution in [1.82, 2.24) is 4.98 Å². The Balaban J connectivity index is 2.13. The molecule has 0 spiro atoms. The van der Waals surface area contributed by atoms with Gasteiger partial charge >= 0.3 is 11.9 Å². The van der Waals surface area contributed by atoms with E-state index in [4.69, 9.17) is 9.47 Å². The molecule has 25 heavy (non-hydrogen) atoms. The van der Waals surface area contributed by atoms with Crippen LogP contribution in [-0.2, 0) is 9.47 Å². The summed E-state index contributed by atoms with van der Waals surface area (Å²) >= 11 is 0. The molecule has 1 heterocycles. The first kappa shape index (κ1) is 17.0. The van der Waals surface area contributed by atoms with Crippen molar-refractivity contribution in [2.45, 2.75) is 26.7 Å². The van der Waals surface area contributed by atoms with E-state index in [2.05, 4.69) is 4.98 Å². The Labute approximate surface area is 145 Å². The van der Waals surface area contributed by atoms with Crippen LogP contribution in [0.15, 0.2) is 36.4 Å². The molecule has 5 heteroatoms. The topological polar surface area (TPSA) is 68.4 Å². The molecule has 0 unspecified atom stereocenters. The lowest BCUT2D eigenvalue weighted by atomic mass is 10.0. The second-order valence-electron chi connectivity index (χ2n) is 5.83. The summed E-state index contributed by atoms with van der Waals surface area (Å²) in [6, 6.07) is 11.0. The van der Waals surface area contributed by atoms with Crippen LogP contribution in [-0.4, -0.2) is 30.1 Å². The highest BCUT2D eigenvalue weighted by atomic mass is 16.5. The summed E-state index contributed by atoms with van der Waals surface area (Å²) in [6.07, 6.45) is 1.76. The first-order chi connectivity index (χ1) is 12.2. The van der Waals surface area contributed by atoms with Crippen molar-refractivity contribution in [3.8, 4) is 0 Å². The molecule has 2 aromatic carbocycles. The molecule has 0 bridgehead atoms. The second-order valence-corrected chi connectivity index (χ2v) is 5.83. The summed E-state index contributed by atoms with van der Waals surface area (Å²) in [4.78, 5) is 28.0. The number of aromatic nitrogens is 1. The van der Waals surface area contributed by atoms with Crippen LogP contribution in [0.3, 0.4) is 0 Å². The number of fused-ring (bicyclic) bond motifs is 3. The fourth-order valence-electron chi connectivity index (χ4n) is 2.83. The van der Waals surface area contributed by atoms with E-state index in [9.17, 15) is 9.59 Å². The number of rotatable bonds is 6. The van der Waals surface area contributed by atoms with Gasteiger partial charge in [0.05, 0.1) is 29.9 Å². The lowest BCUT2D eigenvalue weighted by Crippen LogP contribution is -2.10. The number of nitrogens with one attached hydrogen (secondary N) is 1. The number of benzene rings is 2. The average molecular weight is 339 g/mol. The SMILES string of the molecule is CCCCOC(=O)c1cc(C(=O)OCC)c2[nH]c3ccccc3c2c1. The molecule has 0 saturated carbocycles. The van der Waals surface area contributed by atoms with Gasteiger partial charge in [-0.05, 0) is 31.5 Å². The number of esters is 2. The van der Waals surface area contributed by atoms with E-state index in [0.29, 0.717) is 23.3 Å². The van der Waals surface area contributed by atoms with Crippen LogP contribution in [0.25, 0.3) is 21.8 Å². The summed E-state index contributed by atoms with van der Waals surface area (Å²) in [5.74, 6) is -0.881. The molecule has 0 aliphatic carbocycles. The predicted molar refractivity (Wildman–Crippen MR) is 97.0 cm³/mol. The Morgan fingerprint density at radius 2 is 1.80 bits per heavy atom. The predicted octanol–water partition coefficient (Wildman–Crippen LogP) is 4.45. The Morgan fingerprint density at radius 1 is 1.00 bits per heavy atom. The number of hydrogen-bond acceptors (Lipinski definition) is 4. The van der Waals surface area contributed by atoms with Gasteiger partial charge in [-0.1, -0.05) is 31.5 Å². The maximum Gasteiger partial charge on any atom is 0.340 e. The van der Waals surface area contributed by atoms with Crippen LogP contribution in [0.5, 0.6) is 0 Å². The summed E-state index contributed by atoms with van der Waals surface area (Å²) in [6.45, 7) is 4.43. The largest absolute Gasteiger partial charge is 0.462 e. The minimum atomic E-state index is -0.456. The van der Waals surface area contributed by atoms with Crippen LogP contribution in [0.1, 0.15) is 47.4 Å². The number of para-hydroxylation sites is 1. The molecule has 0 aliphatic heterocycles. The number of aromatic amines is 1. The van der Waals surface area contributed by atoms with Crippen molar-refractivity contribution in [3.05, 3.63) is 47.5 Å². The number of H-pyrrole nitrogens is 1. The van der Waals surface area contributed by atoms with Gasteiger partial charge in [-0.25, -0.2) is 9.59 Å². The maximum atomic E-state index is 12.4. The molecule has 1 N–H and O–H groups in total. The molecule has 0 amide bonds. The van der Waals surface area contributed by atoms with E-state index in [-0.39, 0.29) is 6.61 Å². The van der Waals surface area contributed by atoms with Gasteiger partial charge in [0.15, 0.2) is 0 Å². The van der Waals surface area contributed by atoms with E-state index < -0.39 is 11.9 Å². The van der Waals surface area contributed by atoms with Crippen molar-refractivity contribution >= 4 is 33.7 Å². The van der Waals surface area contributed by atoms with Gasteiger partial charge in [0, 0.05) is 16.3 Å². The average Bonchev–Trinajstić information content (AvgIpc) is 3.00. The van der Waals surface area contributed by atoms with Crippen molar-refractivity contribution in [3.63, 3.8) is 0 Å². The van der Waals surface area contributed by atoms with Crippen molar-refractivity contribution < 1.29 is 19.1 Å². The molecular weight excluding hydrogens is 318 g/mol. The Morgan fingerprint density at radius 3 is 2.56 bits per heavy atom. The van der Waals surface area contributed by atoms with Gasteiger partial charge in [-0.3, -0.25) is 0 Å². The number of carbonyl (C=O) groups excluding carboxylic acids is 2. The summed E-state index contributed by atoms with van der Waals surface area (Å²) < 4.78 is 10.5. The van der Waals surface area contributed by atoms with Crippen LogP contribution >= 0.6 is 0 Å². The standard InChI is InChI=1S/C20H21NO4/c1-3-5-10-25-19(22)13-11-15-14-8-6-7-9-17(14)21-18(15)16(12-13)20(23)24-4-2/h6-9,11-12,21H,3-5,10H2,1-2H3. The normalized spacial score (nSPS) is 11.0. The summed E-state index contributed by atoms with van der Waals surface area (Å²) in [7, 11) is 0. The van der Waals surface area contributed by atoms with Crippen molar-refractivity contribution in [1.29, 1.82) is 0 Å². The Kier molecular flexibility index (Phi) is 5.03. The van der Waals surface area contributed by atoms with Crippen LogP contribution in [0, 0.1) is 0 Å². The summed E-state index contributed by atoms with van der Waals surface area (Å²) in [5.41, 5.74) is 2.28. The molecule has 0 aliphatic rings. The van der Waals surface area contributed by atoms with Gasteiger partial charge in [0.1, 0.15) is 0 Å². The van der Waals surface area contributed by atoms with Gasteiger partial charge in [0.2, 0.25) is 0 Å². The fraction of sp³-hybridized carbons (Fsp3) is 0.300. The molecule has 0 radical (unpaired) electrons. The second kappa shape index (κ2) is 7.38. The monoisotopic (exact) mass is 339 g/mol. The minimum absolute atomic E-state index is 0.270. The first-order valence-corrected chi connectivity index (χ1v) is 8.54. The van der Waals surface area contributed by atoms with Crippen molar-refractivity contribution in [2.24, 2.45) is 0 Å². The van der Waals surface area contributed by atoms with Crippen LogP contribution < -0.4 is 0 Å². The molecule has 0 fully saturated rings. The highest BCUT2D eigenvalue weighted by molar-refractivity contribution is 6.16. The van der Waals surface area contributed by atoms with Gasteiger partial charge in [0.25, 0.3) is 0 Å². The highest BCUT2D eigenvalue weighted by Gasteiger charge is 2.19. The molecule has 1 aromatic heterocycles. The van der Waals surface area contributed by atoms with Crippen LogP contribution in [0.4, 0.5) is 0 Å². The smallest absolute Gasteiger partial charge is 0.340 e. The highest BCUT2D eigenvalue weighted by Crippen LogP contribution is 2.29. The molecule has 0 saturated heterocycles. The molecule has 5 nitrogen and oxygen atoms in total. The quantitative estimate of drug-likeness (QED) is 0.532. The Hall–Kier alpha value is -2.82. The zero-order chi connectivity index (χ0) is 17.8. The molecule has 130 valence electrons. The van der Waals surface area contributed by atoms with E-state index in [0.717, 1.165) is 29.1 Å². The number of hydrogen-bond donors (Lipinski definition) is 1. The third kappa shape index (κ3) is 3.36. The zero-order valence-electron chi connectivity index (χ0n) is 14.4. The van der Waals surface area contributed by atoms with Gasteiger partial charge in [-0.15, -0.1) is 0 Å². The molecule has 0 atom stereocenters. The zero-order valence-corrected chi connectivity index (χ0v) is 14.4. The van der Waals surface area contributed by atoms with Gasteiger partial charge < -0.3 is 14.5 Å². The summed E-state index contributed by atoms with van der Waals surface area (Å²) in [5, 5.41) is 1.76. The van der Waals surface area contributed by atoms with E-state index >= 15 is 0 Å². The first-order valence-electron chi connectivity index (χ1n) is 8.54. The number of carbonyl (C=O) groups is 2. The fourth-order valence-corrected chi connectivity index (χ4v) is 2.83. The van der Waals surface area contributed by atoms with Crippen molar-refractivity contribution in [2.75, 3.05) is 13.2 Å². The lowest BCUT2D eigenvalue weighted by molar-refractivity contribution is 0.0500. The lowest BCUT2D eigenvalue weighted by Gasteiger charge is -2.08. The molecule has 3 rings (SSSR count). The maximum absolute atomic E-state index is 12.4. The minimum Gasteiger partial charge on any atom is -0.462 e. The third-order valence-corrected chi connectivity index (χ3v) is 4.08.